The molecule has 2 aromatic rings. The summed E-state index contributed by atoms with van der Waals surface area (Å²) in [5.41, 5.74) is 3.04. The topological polar surface area (TPSA) is 41.1 Å². The summed E-state index contributed by atoms with van der Waals surface area (Å²) in [7, 11) is 0. The number of carbonyl (C=O) groups is 1. The van der Waals surface area contributed by atoms with Gasteiger partial charge in [0.15, 0.2) is 0 Å². The van der Waals surface area contributed by atoms with E-state index in [0.29, 0.717) is 0 Å². The van der Waals surface area contributed by atoms with Crippen LogP contribution in [0.5, 0.6) is 0 Å². The molecule has 0 saturated carbocycles. The summed E-state index contributed by atoms with van der Waals surface area (Å²) < 4.78 is 0. The van der Waals surface area contributed by atoms with Crippen molar-refractivity contribution in [3.8, 4) is 0 Å². The molecule has 0 saturated heterocycles. The van der Waals surface area contributed by atoms with Gasteiger partial charge in [0, 0.05) is 16.3 Å². The fraction of sp³-hybridized carbons (Fsp3) is 0.278. The molecule has 0 aliphatic heterocycles. The highest BCUT2D eigenvalue weighted by Crippen LogP contribution is 2.19. The van der Waals surface area contributed by atoms with Gasteiger partial charge in [-0.25, -0.2) is 0 Å². The van der Waals surface area contributed by atoms with Crippen LogP contribution in [-0.2, 0) is 11.2 Å². The van der Waals surface area contributed by atoms with Gasteiger partial charge in [-0.2, -0.15) is 0 Å². The molecule has 0 aliphatic rings. The molecule has 3 nitrogen and oxygen atoms in total. The molecule has 116 valence electrons. The van der Waals surface area contributed by atoms with Crippen LogP contribution in [0.15, 0.2) is 53.4 Å². The molecular weight excluding hydrogens is 292 g/mol. The molecule has 0 spiro atoms. The van der Waals surface area contributed by atoms with Gasteiger partial charge in [0.25, 0.3) is 0 Å². The van der Waals surface area contributed by atoms with Crippen molar-refractivity contribution in [2.75, 3.05) is 16.9 Å². The fourth-order valence-corrected chi connectivity index (χ4v) is 2.56. The first-order valence-electron chi connectivity index (χ1n) is 7.42. The Bertz CT molecular complexity index is 625. The Morgan fingerprint density at radius 2 is 1.86 bits per heavy atom. The van der Waals surface area contributed by atoms with Crippen LogP contribution in [-0.4, -0.2) is 18.2 Å². The Morgan fingerprint density at radius 3 is 2.50 bits per heavy atom. The van der Waals surface area contributed by atoms with Crippen LogP contribution < -0.4 is 10.6 Å². The molecule has 2 N–H and O–H groups in total. The molecule has 0 fully saturated rings. The van der Waals surface area contributed by atoms with E-state index in [1.54, 1.807) is 11.8 Å². The van der Waals surface area contributed by atoms with Gasteiger partial charge >= 0.3 is 0 Å². The Hall–Kier alpha value is -1.94. The van der Waals surface area contributed by atoms with E-state index in [4.69, 9.17) is 0 Å². The van der Waals surface area contributed by atoms with Crippen molar-refractivity contribution < 1.29 is 4.79 Å². The minimum atomic E-state index is -0.303. The number of carbonyl (C=O) groups excluding carboxylic acids is 1. The van der Waals surface area contributed by atoms with Gasteiger partial charge in [-0.1, -0.05) is 25.1 Å². The third kappa shape index (κ3) is 4.53. The van der Waals surface area contributed by atoms with Gasteiger partial charge in [-0.05, 0) is 55.5 Å². The second kappa shape index (κ2) is 7.90. The lowest BCUT2D eigenvalue weighted by molar-refractivity contribution is -0.116. The second-order valence-electron chi connectivity index (χ2n) is 5.14. The Kier molecular flexibility index (Phi) is 5.90. The molecule has 0 radical (unpaired) electrons. The van der Waals surface area contributed by atoms with E-state index in [1.807, 2.05) is 55.6 Å². The van der Waals surface area contributed by atoms with Crippen LogP contribution in [0.1, 0.15) is 19.4 Å². The first kappa shape index (κ1) is 16.4. The summed E-state index contributed by atoms with van der Waals surface area (Å²) in [5, 5.41) is 6.17. The van der Waals surface area contributed by atoms with Crippen LogP contribution in [0.3, 0.4) is 0 Å². The third-order valence-electron chi connectivity index (χ3n) is 3.48. The maximum Gasteiger partial charge on any atom is 0.246 e. The normalized spacial score (nSPS) is 11.8. The average Bonchev–Trinajstić information content (AvgIpc) is 2.55. The van der Waals surface area contributed by atoms with Crippen LogP contribution in [0.2, 0.25) is 0 Å². The number of amides is 1. The summed E-state index contributed by atoms with van der Waals surface area (Å²) in [6, 6.07) is 15.7. The van der Waals surface area contributed by atoms with Crippen LogP contribution >= 0.6 is 11.8 Å². The number of aryl methyl sites for hydroxylation is 1. The standard InChI is InChI=1S/C18H22N2OS/c1-4-14-8-10-15(11-9-14)20-18(21)13(2)19-16-6-5-7-17(12-16)22-3/h5-13,19H,4H2,1-3H3,(H,20,21)/t13-/m1/s1. The molecule has 0 aliphatic carbocycles. The molecule has 4 heteroatoms. The molecule has 0 aromatic heterocycles. The van der Waals surface area contributed by atoms with Gasteiger partial charge in [0.1, 0.15) is 6.04 Å². The molecular formula is C18H22N2OS. The molecule has 1 atom stereocenters. The Morgan fingerprint density at radius 1 is 1.14 bits per heavy atom. The zero-order valence-electron chi connectivity index (χ0n) is 13.2. The molecule has 1 amide bonds. The number of hydrogen-bond acceptors (Lipinski definition) is 3. The molecule has 2 rings (SSSR count). The van der Waals surface area contributed by atoms with Crippen molar-refractivity contribution in [1.29, 1.82) is 0 Å². The summed E-state index contributed by atoms with van der Waals surface area (Å²) in [6.07, 6.45) is 3.03. The minimum absolute atomic E-state index is 0.0428. The fourth-order valence-electron chi connectivity index (χ4n) is 2.10. The smallest absolute Gasteiger partial charge is 0.246 e. The van der Waals surface area contributed by atoms with Gasteiger partial charge in [-0.15, -0.1) is 11.8 Å². The van der Waals surface area contributed by atoms with Crippen molar-refractivity contribution in [1.82, 2.24) is 0 Å². The molecule has 0 bridgehead atoms. The monoisotopic (exact) mass is 314 g/mol. The van der Waals surface area contributed by atoms with Crippen molar-refractivity contribution in [2.24, 2.45) is 0 Å². The number of benzene rings is 2. The first-order chi connectivity index (χ1) is 10.6. The highest BCUT2D eigenvalue weighted by molar-refractivity contribution is 7.98. The van der Waals surface area contributed by atoms with E-state index in [2.05, 4.69) is 23.6 Å². The Labute approximate surface area is 136 Å². The highest BCUT2D eigenvalue weighted by Gasteiger charge is 2.12. The van der Waals surface area contributed by atoms with Gasteiger partial charge < -0.3 is 10.6 Å². The van der Waals surface area contributed by atoms with Crippen molar-refractivity contribution in [2.45, 2.75) is 31.2 Å². The molecule has 0 unspecified atom stereocenters. The zero-order chi connectivity index (χ0) is 15.9. The van der Waals surface area contributed by atoms with E-state index in [-0.39, 0.29) is 11.9 Å². The zero-order valence-corrected chi connectivity index (χ0v) is 14.0. The first-order valence-corrected chi connectivity index (χ1v) is 8.65. The number of anilines is 2. The minimum Gasteiger partial charge on any atom is -0.374 e. The van der Waals surface area contributed by atoms with E-state index >= 15 is 0 Å². The van der Waals surface area contributed by atoms with E-state index in [0.717, 1.165) is 17.8 Å². The average molecular weight is 314 g/mol. The lowest BCUT2D eigenvalue weighted by Gasteiger charge is -2.16. The third-order valence-corrected chi connectivity index (χ3v) is 4.20. The van der Waals surface area contributed by atoms with E-state index in [9.17, 15) is 4.79 Å². The maximum absolute atomic E-state index is 12.2. The number of nitrogens with one attached hydrogen (secondary N) is 2. The second-order valence-corrected chi connectivity index (χ2v) is 6.02. The molecule has 2 aromatic carbocycles. The predicted octanol–water partition coefficient (Wildman–Crippen LogP) is 4.41. The quantitative estimate of drug-likeness (QED) is 0.776. The largest absolute Gasteiger partial charge is 0.374 e. The number of thioether (sulfide) groups is 1. The Balaban J connectivity index is 1.96. The molecule has 0 heterocycles. The van der Waals surface area contributed by atoms with Crippen LogP contribution in [0.25, 0.3) is 0 Å². The maximum atomic E-state index is 12.2. The van der Waals surface area contributed by atoms with E-state index < -0.39 is 0 Å². The SMILES string of the molecule is CCc1ccc(NC(=O)[C@@H](C)Nc2cccc(SC)c2)cc1. The highest BCUT2D eigenvalue weighted by atomic mass is 32.2. The lowest BCUT2D eigenvalue weighted by atomic mass is 10.1. The summed E-state index contributed by atoms with van der Waals surface area (Å²) in [5.74, 6) is -0.0428. The number of rotatable bonds is 6. The van der Waals surface area contributed by atoms with E-state index in [1.165, 1.54) is 10.5 Å². The van der Waals surface area contributed by atoms with Crippen LogP contribution in [0, 0.1) is 0 Å². The van der Waals surface area contributed by atoms with Crippen molar-refractivity contribution in [3.63, 3.8) is 0 Å². The summed E-state index contributed by atoms with van der Waals surface area (Å²) in [4.78, 5) is 13.4. The van der Waals surface area contributed by atoms with Gasteiger partial charge in [-0.3, -0.25) is 4.79 Å². The summed E-state index contributed by atoms with van der Waals surface area (Å²) >= 11 is 1.68. The lowest BCUT2D eigenvalue weighted by Crippen LogP contribution is -2.31. The van der Waals surface area contributed by atoms with Gasteiger partial charge in [0.2, 0.25) is 5.91 Å². The molecule has 22 heavy (non-hydrogen) atoms. The van der Waals surface area contributed by atoms with Gasteiger partial charge in [0.05, 0.1) is 0 Å². The number of hydrogen-bond donors (Lipinski definition) is 2. The van der Waals surface area contributed by atoms with Crippen molar-refractivity contribution >= 4 is 29.0 Å². The van der Waals surface area contributed by atoms with Crippen molar-refractivity contribution in [3.05, 3.63) is 54.1 Å². The summed E-state index contributed by atoms with van der Waals surface area (Å²) in [6.45, 7) is 3.98. The van der Waals surface area contributed by atoms with Crippen LogP contribution in [0.4, 0.5) is 11.4 Å². The predicted molar refractivity (Wildman–Crippen MR) is 95.8 cm³/mol.